The van der Waals surface area contributed by atoms with E-state index in [1.165, 1.54) is 7.11 Å². The highest BCUT2D eigenvalue weighted by Crippen LogP contribution is 2.29. The van der Waals surface area contributed by atoms with Crippen LogP contribution in [0.15, 0.2) is 22.8 Å². The number of rotatable bonds is 2. The highest BCUT2D eigenvalue weighted by molar-refractivity contribution is 9.10. The van der Waals surface area contributed by atoms with Crippen molar-refractivity contribution in [2.45, 2.75) is 6.92 Å². The first-order chi connectivity index (χ1) is 8.54. The Morgan fingerprint density at radius 2 is 2.17 bits per heavy atom. The van der Waals surface area contributed by atoms with E-state index < -0.39 is 5.97 Å². The van der Waals surface area contributed by atoms with Crippen molar-refractivity contribution >= 4 is 21.9 Å². The highest BCUT2D eigenvalue weighted by atomic mass is 79.9. The third-order valence-corrected chi connectivity index (χ3v) is 3.21. The number of aryl methyl sites for hydroxylation is 2. The predicted molar refractivity (Wildman–Crippen MR) is 70.2 cm³/mol. The third-order valence-electron chi connectivity index (χ3n) is 2.63. The molecule has 0 radical (unpaired) electrons. The van der Waals surface area contributed by atoms with Crippen molar-refractivity contribution in [3.05, 3.63) is 34.2 Å². The standard InChI is InChI=1S/C12H12BrN3O2/c1-7-8(11-9(13)6-14-16(11)2)4-5-10(15-7)12(17)18-3/h4-6H,1-3H3. The molecule has 2 heterocycles. The molecule has 0 aliphatic carbocycles. The minimum absolute atomic E-state index is 0.303. The lowest BCUT2D eigenvalue weighted by atomic mass is 10.1. The van der Waals surface area contributed by atoms with Crippen LogP contribution in [0.3, 0.4) is 0 Å². The van der Waals surface area contributed by atoms with Gasteiger partial charge in [0, 0.05) is 18.3 Å². The van der Waals surface area contributed by atoms with Crippen molar-refractivity contribution in [3.8, 4) is 11.3 Å². The van der Waals surface area contributed by atoms with Crippen LogP contribution in [0.25, 0.3) is 11.3 Å². The zero-order valence-electron chi connectivity index (χ0n) is 10.3. The molecule has 0 spiro atoms. The van der Waals surface area contributed by atoms with Crippen LogP contribution >= 0.6 is 15.9 Å². The van der Waals surface area contributed by atoms with E-state index in [1.54, 1.807) is 16.9 Å². The van der Waals surface area contributed by atoms with Gasteiger partial charge < -0.3 is 4.74 Å². The molecule has 18 heavy (non-hydrogen) atoms. The monoisotopic (exact) mass is 309 g/mol. The number of halogens is 1. The Morgan fingerprint density at radius 3 is 2.67 bits per heavy atom. The lowest BCUT2D eigenvalue weighted by molar-refractivity contribution is 0.0594. The Bertz CT molecular complexity index is 588. The molecule has 0 unspecified atom stereocenters. The van der Waals surface area contributed by atoms with Gasteiger partial charge in [-0.3, -0.25) is 4.68 Å². The lowest BCUT2D eigenvalue weighted by Crippen LogP contribution is -2.06. The number of pyridine rings is 1. The topological polar surface area (TPSA) is 57.0 Å². The molecule has 0 aromatic carbocycles. The molecular weight excluding hydrogens is 298 g/mol. The molecule has 2 rings (SSSR count). The fraction of sp³-hybridized carbons (Fsp3) is 0.250. The second-order valence-electron chi connectivity index (χ2n) is 3.79. The number of hydrogen-bond acceptors (Lipinski definition) is 4. The van der Waals surface area contributed by atoms with Gasteiger partial charge in [0.15, 0.2) is 0 Å². The van der Waals surface area contributed by atoms with Gasteiger partial charge in [0.05, 0.1) is 23.5 Å². The molecule has 94 valence electrons. The average molecular weight is 310 g/mol. The van der Waals surface area contributed by atoms with E-state index in [1.807, 2.05) is 20.0 Å². The first-order valence-electron chi connectivity index (χ1n) is 5.28. The lowest BCUT2D eigenvalue weighted by Gasteiger charge is -2.08. The van der Waals surface area contributed by atoms with Gasteiger partial charge >= 0.3 is 5.97 Å². The molecule has 0 amide bonds. The smallest absolute Gasteiger partial charge is 0.356 e. The molecule has 0 bridgehead atoms. The van der Waals surface area contributed by atoms with Gasteiger partial charge in [-0.05, 0) is 35.0 Å². The second kappa shape index (κ2) is 4.89. The molecule has 2 aromatic heterocycles. The van der Waals surface area contributed by atoms with Gasteiger partial charge in [0.25, 0.3) is 0 Å². The molecule has 0 aliphatic heterocycles. The van der Waals surface area contributed by atoms with Crippen LogP contribution in [-0.2, 0) is 11.8 Å². The summed E-state index contributed by atoms with van der Waals surface area (Å²) in [6.45, 7) is 1.85. The molecule has 0 aliphatic rings. The van der Waals surface area contributed by atoms with Crippen molar-refractivity contribution in [2.75, 3.05) is 7.11 Å². The number of carbonyl (C=O) groups is 1. The first-order valence-corrected chi connectivity index (χ1v) is 6.07. The molecule has 6 heteroatoms. The number of ether oxygens (including phenoxy) is 1. The van der Waals surface area contributed by atoms with Crippen LogP contribution in [-0.4, -0.2) is 27.8 Å². The van der Waals surface area contributed by atoms with Crippen molar-refractivity contribution in [3.63, 3.8) is 0 Å². The van der Waals surface area contributed by atoms with Gasteiger partial charge in [0.2, 0.25) is 0 Å². The van der Waals surface area contributed by atoms with E-state index in [0.29, 0.717) is 5.69 Å². The van der Waals surface area contributed by atoms with Gasteiger partial charge in [0.1, 0.15) is 5.69 Å². The summed E-state index contributed by atoms with van der Waals surface area (Å²) < 4.78 is 7.29. The van der Waals surface area contributed by atoms with E-state index in [0.717, 1.165) is 21.4 Å². The fourth-order valence-corrected chi connectivity index (χ4v) is 2.31. The van der Waals surface area contributed by atoms with Crippen LogP contribution in [0.1, 0.15) is 16.2 Å². The van der Waals surface area contributed by atoms with Crippen LogP contribution in [0.4, 0.5) is 0 Å². The van der Waals surface area contributed by atoms with Crippen LogP contribution < -0.4 is 0 Å². The summed E-state index contributed by atoms with van der Waals surface area (Å²) >= 11 is 3.45. The summed E-state index contributed by atoms with van der Waals surface area (Å²) in [5.74, 6) is -0.436. The van der Waals surface area contributed by atoms with E-state index in [9.17, 15) is 4.79 Å². The second-order valence-corrected chi connectivity index (χ2v) is 4.64. The number of esters is 1. The minimum Gasteiger partial charge on any atom is -0.464 e. The Balaban J connectivity index is 2.52. The van der Waals surface area contributed by atoms with Crippen molar-refractivity contribution in [2.24, 2.45) is 7.05 Å². The SMILES string of the molecule is COC(=O)c1ccc(-c2c(Br)cnn2C)c(C)n1. The number of nitrogens with zero attached hydrogens (tertiary/aromatic N) is 3. The van der Waals surface area contributed by atoms with Crippen LogP contribution in [0.5, 0.6) is 0 Å². The minimum atomic E-state index is -0.436. The largest absolute Gasteiger partial charge is 0.464 e. The molecular formula is C12H12BrN3O2. The van der Waals surface area contributed by atoms with E-state index in [2.05, 4.69) is 30.7 Å². The zero-order valence-corrected chi connectivity index (χ0v) is 11.9. The van der Waals surface area contributed by atoms with Crippen molar-refractivity contribution in [1.29, 1.82) is 0 Å². The molecule has 0 saturated carbocycles. The molecule has 0 N–H and O–H groups in total. The van der Waals surface area contributed by atoms with E-state index >= 15 is 0 Å². The summed E-state index contributed by atoms with van der Waals surface area (Å²) in [6.07, 6.45) is 1.73. The number of methoxy groups -OCH3 is 1. The third kappa shape index (κ3) is 2.15. The predicted octanol–water partition coefficient (Wildman–Crippen LogP) is 2.34. The van der Waals surface area contributed by atoms with Crippen molar-refractivity contribution in [1.82, 2.24) is 14.8 Å². The highest BCUT2D eigenvalue weighted by Gasteiger charge is 2.14. The number of carbonyl (C=O) groups excluding carboxylic acids is 1. The Morgan fingerprint density at radius 1 is 1.44 bits per heavy atom. The quantitative estimate of drug-likeness (QED) is 0.799. The maximum Gasteiger partial charge on any atom is 0.356 e. The number of hydrogen-bond donors (Lipinski definition) is 0. The molecule has 5 nitrogen and oxygen atoms in total. The normalized spacial score (nSPS) is 10.4. The van der Waals surface area contributed by atoms with E-state index in [-0.39, 0.29) is 0 Å². The summed E-state index contributed by atoms with van der Waals surface area (Å²) in [6, 6.07) is 3.49. The maximum absolute atomic E-state index is 11.4. The molecule has 0 fully saturated rings. The van der Waals surface area contributed by atoms with Crippen LogP contribution in [0, 0.1) is 6.92 Å². The van der Waals surface area contributed by atoms with Crippen LogP contribution in [0.2, 0.25) is 0 Å². The summed E-state index contributed by atoms with van der Waals surface area (Å²) in [4.78, 5) is 15.6. The Labute approximate surface area is 113 Å². The average Bonchev–Trinajstić information content (AvgIpc) is 2.68. The van der Waals surface area contributed by atoms with Gasteiger partial charge in [-0.1, -0.05) is 0 Å². The maximum atomic E-state index is 11.4. The van der Waals surface area contributed by atoms with Gasteiger partial charge in [-0.15, -0.1) is 0 Å². The van der Waals surface area contributed by atoms with Crippen molar-refractivity contribution < 1.29 is 9.53 Å². The van der Waals surface area contributed by atoms with Gasteiger partial charge in [-0.2, -0.15) is 5.10 Å². The molecule has 2 aromatic rings. The zero-order chi connectivity index (χ0) is 13.3. The Hall–Kier alpha value is -1.69. The first kappa shape index (κ1) is 12.8. The summed E-state index contributed by atoms with van der Waals surface area (Å²) in [5, 5.41) is 4.16. The summed E-state index contributed by atoms with van der Waals surface area (Å²) in [5.41, 5.74) is 2.91. The van der Waals surface area contributed by atoms with Gasteiger partial charge in [-0.25, -0.2) is 9.78 Å². The molecule has 0 saturated heterocycles. The fourth-order valence-electron chi connectivity index (χ4n) is 1.74. The van der Waals surface area contributed by atoms with E-state index in [4.69, 9.17) is 0 Å². The Kier molecular flexibility index (Phi) is 3.47. The number of aromatic nitrogens is 3. The molecule has 0 atom stereocenters. The summed E-state index contributed by atoms with van der Waals surface area (Å²) in [7, 11) is 3.19.